The Hall–Kier alpha value is -4.00. The van der Waals surface area contributed by atoms with E-state index in [4.69, 9.17) is 9.47 Å². The van der Waals surface area contributed by atoms with Crippen LogP contribution in [-0.2, 0) is 13.0 Å². The van der Waals surface area contributed by atoms with E-state index in [9.17, 15) is 9.59 Å². The Morgan fingerprint density at radius 3 is 2.18 bits per heavy atom. The van der Waals surface area contributed by atoms with E-state index in [1.807, 2.05) is 26.0 Å². The number of anilines is 1. The van der Waals surface area contributed by atoms with Crippen LogP contribution in [0, 0.1) is 0 Å². The van der Waals surface area contributed by atoms with Gasteiger partial charge in [0.1, 0.15) is 0 Å². The number of ether oxygens (including phenoxy) is 2. The molecule has 4 rings (SSSR count). The maximum Gasteiger partial charge on any atom is 0.269 e. The lowest BCUT2D eigenvalue weighted by atomic mass is 9.99. The molecule has 0 radical (unpaired) electrons. The Kier molecular flexibility index (Phi) is 7.01. The first-order valence-corrected chi connectivity index (χ1v) is 11.3. The monoisotopic (exact) mass is 459 g/mol. The van der Waals surface area contributed by atoms with Gasteiger partial charge in [-0.25, -0.2) is 0 Å². The maximum atomic E-state index is 12.5. The lowest BCUT2D eigenvalue weighted by molar-refractivity contribution is 0.0846. The van der Waals surface area contributed by atoms with E-state index < -0.39 is 11.8 Å². The van der Waals surface area contributed by atoms with Gasteiger partial charge in [0.2, 0.25) is 0 Å². The molecule has 0 spiro atoms. The Morgan fingerprint density at radius 2 is 1.50 bits per heavy atom. The third kappa shape index (κ3) is 5.31. The number of amides is 2. The van der Waals surface area contributed by atoms with Crippen LogP contribution in [0.2, 0.25) is 0 Å². The van der Waals surface area contributed by atoms with Crippen molar-refractivity contribution < 1.29 is 19.1 Å². The number of fused-ring (bicyclic) bond motifs is 1. The highest BCUT2D eigenvalue weighted by molar-refractivity contribution is 5.99. The third-order valence-electron chi connectivity index (χ3n) is 5.70. The minimum atomic E-state index is -0.452. The van der Waals surface area contributed by atoms with Gasteiger partial charge >= 0.3 is 0 Å². The number of carbonyl (C=O) groups is 2. The summed E-state index contributed by atoms with van der Waals surface area (Å²) in [6, 6.07) is 20.7. The van der Waals surface area contributed by atoms with Crippen molar-refractivity contribution in [3.8, 4) is 11.5 Å². The third-order valence-corrected chi connectivity index (χ3v) is 5.70. The summed E-state index contributed by atoms with van der Waals surface area (Å²) in [6.07, 6.45) is 0.977. The zero-order chi connectivity index (χ0) is 24.1. The fraction of sp³-hybridized carbons (Fsp3) is 0.259. The number of carbonyl (C=O) groups excluding carboxylic acids is 2. The van der Waals surface area contributed by atoms with E-state index in [1.54, 1.807) is 30.3 Å². The van der Waals surface area contributed by atoms with Gasteiger partial charge in [0.05, 0.1) is 13.2 Å². The highest BCUT2D eigenvalue weighted by Crippen LogP contribution is 2.29. The van der Waals surface area contributed by atoms with Crippen molar-refractivity contribution in [1.29, 1.82) is 0 Å². The van der Waals surface area contributed by atoms with Crippen molar-refractivity contribution in [2.24, 2.45) is 0 Å². The van der Waals surface area contributed by atoms with Crippen LogP contribution in [-0.4, -0.2) is 31.6 Å². The van der Waals surface area contributed by atoms with Crippen LogP contribution in [0.1, 0.15) is 45.7 Å². The molecule has 34 heavy (non-hydrogen) atoms. The van der Waals surface area contributed by atoms with Gasteiger partial charge in [-0.2, -0.15) is 0 Å². The molecule has 7 nitrogen and oxygen atoms in total. The molecule has 0 unspecified atom stereocenters. The van der Waals surface area contributed by atoms with Crippen molar-refractivity contribution in [3.63, 3.8) is 0 Å². The summed E-state index contributed by atoms with van der Waals surface area (Å²) in [4.78, 5) is 27.4. The highest BCUT2D eigenvalue weighted by Gasteiger charge is 2.17. The number of methoxy groups -OCH3 is 1. The Bertz CT molecular complexity index is 1170. The van der Waals surface area contributed by atoms with Gasteiger partial charge in [0.25, 0.3) is 11.8 Å². The zero-order valence-electron chi connectivity index (χ0n) is 19.6. The minimum Gasteiger partial charge on any atom is -0.493 e. The van der Waals surface area contributed by atoms with Crippen LogP contribution in [0.15, 0.2) is 66.7 Å². The van der Waals surface area contributed by atoms with Crippen molar-refractivity contribution in [2.75, 3.05) is 18.6 Å². The summed E-state index contributed by atoms with van der Waals surface area (Å²) >= 11 is 0. The summed E-state index contributed by atoms with van der Waals surface area (Å²) < 4.78 is 11.0. The number of hydrogen-bond acceptors (Lipinski definition) is 5. The molecule has 1 aliphatic heterocycles. The molecule has 7 heteroatoms. The first-order valence-electron chi connectivity index (χ1n) is 11.3. The Balaban J connectivity index is 1.35. The van der Waals surface area contributed by atoms with Crippen LogP contribution in [0.4, 0.5) is 5.69 Å². The van der Waals surface area contributed by atoms with Crippen molar-refractivity contribution >= 4 is 17.5 Å². The zero-order valence-corrected chi connectivity index (χ0v) is 19.6. The average Bonchev–Trinajstić information content (AvgIpc) is 2.86. The minimum absolute atomic E-state index is 0.0232. The van der Waals surface area contributed by atoms with Crippen LogP contribution < -0.4 is 25.2 Å². The Morgan fingerprint density at radius 1 is 0.853 bits per heavy atom. The largest absolute Gasteiger partial charge is 0.493 e. The number of benzene rings is 3. The van der Waals surface area contributed by atoms with Crippen molar-refractivity contribution in [1.82, 2.24) is 10.9 Å². The lowest BCUT2D eigenvalue weighted by Crippen LogP contribution is -2.41. The van der Waals surface area contributed by atoms with E-state index in [1.165, 1.54) is 18.2 Å². The normalized spacial score (nSPS) is 12.6. The van der Waals surface area contributed by atoms with Gasteiger partial charge in [-0.1, -0.05) is 24.3 Å². The Labute approximate surface area is 199 Å². The first kappa shape index (κ1) is 23.2. The predicted molar refractivity (Wildman–Crippen MR) is 131 cm³/mol. The fourth-order valence-electron chi connectivity index (χ4n) is 3.96. The molecule has 0 saturated heterocycles. The van der Waals surface area contributed by atoms with Gasteiger partial charge in [-0.3, -0.25) is 20.4 Å². The number of hydrazine groups is 1. The van der Waals surface area contributed by atoms with Crippen LogP contribution >= 0.6 is 0 Å². The summed E-state index contributed by atoms with van der Waals surface area (Å²) in [5.41, 5.74) is 9.51. The maximum absolute atomic E-state index is 12.5. The lowest BCUT2D eigenvalue weighted by Gasteiger charge is -2.30. The molecular weight excluding hydrogens is 430 g/mol. The number of nitrogens with one attached hydrogen (secondary N) is 2. The summed E-state index contributed by atoms with van der Waals surface area (Å²) in [5.74, 6) is 0.154. The van der Waals surface area contributed by atoms with Crippen LogP contribution in [0.5, 0.6) is 11.5 Å². The molecule has 2 N–H and O–H groups in total. The first-order chi connectivity index (χ1) is 16.4. The molecule has 0 fully saturated rings. The van der Waals surface area contributed by atoms with E-state index in [2.05, 4.69) is 40.0 Å². The van der Waals surface area contributed by atoms with E-state index in [0.717, 1.165) is 25.2 Å². The molecule has 176 valence electrons. The molecule has 1 heterocycles. The molecule has 0 bridgehead atoms. The molecule has 0 saturated carbocycles. The summed E-state index contributed by atoms with van der Waals surface area (Å²) in [6.45, 7) is 5.60. The number of hydrogen-bond donors (Lipinski definition) is 2. The highest BCUT2D eigenvalue weighted by atomic mass is 16.5. The number of nitrogens with zero attached hydrogens (tertiary/aromatic N) is 1. The van der Waals surface area contributed by atoms with Crippen molar-refractivity contribution in [2.45, 2.75) is 32.9 Å². The second-order valence-corrected chi connectivity index (χ2v) is 8.43. The summed E-state index contributed by atoms with van der Waals surface area (Å²) in [5, 5.41) is 0. The van der Waals surface area contributed by atoms with Gasteiger partial charge in [0, 0.05) is 29.9 Å². The molecule has 3 aromatic rings. The molecule has 2 amide bonds. The van der Waals surface area contributed by atoms with Gasteiger partial charge in [0.15, 0.2) is 11.5 Å². The molecule has 0 aliphatic carbocycles. The van der Waals surface area contributed by atoms with Gasteiger partial charge in [-0.05, 0) is 73.9 Å². The standard InChI is InChI=1S/C27H29N3O4/c1-18(2)34-24-13-10-21(16-25(24)33-3)27(32)29-28-26(31)20-8-11-23(12-9-20)30-15-14-19-6-4-5-7-22(19)17-30/h4-13,16,18H,14-15,17H2,1-3H3,(H,28,31)(H,29,32). The SMILES string of the molecule is COc1cc(C(=O)NNC(=O)c2ccc(N3CCc4ccccc4C3)cc2)ccc1OC(C)C. The molecule has 1 aliphatic rings. The molecular formula is C27H29N3O4. The van der Waals surface area contributed by atoms with Crippen LogP contribution in [0.3, 0.4) is 0 Å². The van der Waals surface area contributed by atoms with Gasteiger partial charge < -0.3 is 14.4 Å². The second kappa shape index (κ2) is 10.3. The number of rotatable bonds is 6. The fourth-order valence-corrected chi connectivity index (χ4v) is 3.96. The van der Waals surface area contributed by atoms with E-state index >= 15 is 0 Å². The van der Waals surface area contributed by atoms with E-state index in [-0.39, 0.29) is 6.10 Å². The average molecular weight is 460 g/mol. The predicted octanol–water partition coefficient (Wildman–Crippen LogP) is 4.12. The molecule has 0 atom stereocenters. The molecule has 3 aromatic carbocycles. The smallest absolute Gasteiger partial charge is 0.269 e. The topological polar surface area (TPSA) is 79.9 Å². The quantitative estimate of drug-likeness (QED) is 0.542. The van der Waals surface area contributed by atoms with E-state index in [0.29, 0.717) is 22.6 Å². The second-order valence-electron chi connectivity index (χ2n) is 8.43. The van der Waals surface area contributed by atoms with Gasteiger partial charge in [-0.15, -0.1) is 0 Å². The van der Waals surface area contributed by atoms with Crippen LogP contribution in [0.25, 0.3) is 0 Å². The summed E-state index contributed by atoms with van der Waals surface area (Å²) in [7, 11) is 1.51. The van der Waals surface area contributed by atoms with Crippen molar-refractivity contribution in [3.05, 3.63) is 89.0 Å². The molecule has 0 aromatic heterocycles.